The first-order valence-electron chi connectivity index (χ1n) is 5.24. The van der Waals surface area contributed by atoms with Crippen molar-refractivity contribution in [2.45, 2.75) is 12.5 Å². The summed E-state index contributed by atoms with van der Waals surface area (Å²) in [6, 6.07) is 3.26. The molecule has 2 rings (SSSR count). The lowest BCUT2D eigenvalue weighted by atomic mass is 10.1. The Morgan fingerprint density at radius 3 is 3.06 bits per heavy atom. The number of imidazole rings is 1. The fraction of sp³-hybridized carbons (Fsp3) is 0.273. The summed E-state index contributed by atoms with van der Waals surface area (Å²) in [6.07, 6.45) is 5.54. The number of hydrogen-bond acceptors (Lipinski definition) is 4. The van der Waals surface area contributed by atoms with Crippen molar-refractivity contribution in [3.8, 4) is 0 Å². The van der Waals surface area contributed by atoms with Crippen molar-refractivity contribution in [2.24, 2.45) is 0 Å². The Morgan fingerprint density at radius 2 is 2.47 bits per heavy atom. The van der Waals surface area contributed by atoms with Crippen LogP contribution in [-0.4, -0.2) is 34.1 Å². The number of hydrogen-bond donors (Lipinski definition) is 3. The lowest BCUT2D eigenvalue weighted by molar-refractivity contribution is -0.141. The molecule has 0 fully saturated rings. The molecule has 0 amide bonds. The highest BCUT2D eigenvalue weighted by atomic mass is 16.5. The Kier molecular flexibility index (Phi) is 3.44. The number of anilines is 1. The van der Waals surface area contributed by atoms with Gasteiger partial charge in [0, 0.05) is 24.5 Å². The molecule has 0 bridgehead atoms. The summed E-state index contributed by atoms with van der Waals surface area (Å²) < 4.78 is 4.76. The second-order valence-corrected chi connectivity index (χ2v) is 3.58. The van der Waals surface area contributed by atoms with E-state index >= 15 is 0 Å². The Labute approximate surface area is 98.4 Å². The van der Waals surface area contributed by atoms with Crippen molar-refractivity contribution in [2.75, 3.05) is 12.4 Å². The Balaban J connectivity index is 2.05. The Hall–Kier alpha value is -2.24. The smallest absolute Gasteiger partial charge is 0.328 e. The first-order chi connectivity index (χ1) is 8.29. The highest BCUT2D eigenvalue weighted by Crippen LogP contribution is 2.08. The number of esters is 1. The number of carbonyl (C=O) groups is 1. The van der Waals surface area contributed by atoms with Crippen molar-refractivity contribution >= 4 is 11.8 Å². The van der Waals surface area contributed by atoms with E-state index in [1.165, 1.54) is 7.11 Å². The van der Waals surface area contributed by atoms with Gasteiger partial charge in [-0.2, -0.15) is 0 Å². The van der Waals surface area contributed by atoms with Gasteiger partial charge in [-0.1, -0.05) is 0 Å². The summed E-state index contributed by atoms with van der Waals surface area (Å²) in [7, 11) is 1.37. The summed E-state index contributed by atoms with van der Waals surface area (Å²) in [5.74, 6) is 0.467. The number of nitrogens with zero attached hydrogens (tertiary/aromatic N) is 1. The predicted octanol–water partition coefficient (Wildman–Crippen LogP) is 0.934. The third-order valence-corrected chi connectivity index (χ3v) is 2.39. The molecular formula is C11H14N4O2. The van der Waals surface area contributed by atoms with Crippen molar-refractivity contribution < 1.29 is 9.53 Å². The molecular weight excluding hydrogens is 220 g/mol. The Bertz CT molecular complexity index is 414. The van der Waals surface area contributed by atoms with Gasteiger partial charge in [0.1, 0.15) is 11.9 Å². The topological polar surface area (TPSA) is 82.8 Å². The maximum atomic E-state index is 11.6. The van der Waals surface area contributed by atoms with Gasteiger partial charge in [-0.05, 0) is 12.1 Å². The molecule has 3 N–H and O–H groups in total. The van der Waals surface area contributed by atoms with Crippen LogP contribution in [0.25, 0.3) is 0 Å². The first kappa shape index (κ1) is 11.3. The average molecular weight is 234 g/mol. The SMILES string of the molecule is COC(=O)C(Cc1cnc[nH]1)Nc1ccc[nH]1. The quantitative estimate of drug-likeness (QED) is 0.672. The maximum absolute atomic E-state index is 11.6. The molecule has 0 aromatic carbocycles. The van der Waals surface area contributed by atoms with E-state index < -0.39 is 6.04 Å². The monoisotopic (exact) mass is 234 g/mol. The zero-order chi connectivity index (χ0) is 12.1. The molecule has 90 valence electrons. The second-order valence-electron chi connectivity index (χ2n) is 3.58. The summed E-state index contributed by atoms with van der Waals surface area (Å²) >= 11 is 0. The zero-order valence-corrected chi connectivity index (χ0v) is 9.43. The predicted molar refractivity (Wildman–Crippen MR) is 62.5 cm³/mol. The van der Waals surface area contributed by atoms with Gasteiger partial charge in [0.25, 0.3) is 0 Å². The van der Waals surface area contributed by atoms with Crippen molar-refractivity contribution in [3.63, 3.8) is 0 Å². The summed E-state index contributed by atoms with van der Waals surface area (Å²) in [4.78, 5) is 21.5. The summed E-state index contributed by atoms with van der Waals surface area (Å²) in [6.45, 7) is 0. The van der Waals surface area contributed by atoms with E-state index in [0.29, 0.717) is 6.42 Å². The highest BCUT2D eigenvalue weighted by molar-refractivity contribution is 5.79. The largest absolute Gasteiger partial charge is 0.467 e. The van der Waals surface area contributed by atoms with E-state index in [9.17, 15) is 4.79 Å². The normalized spacial score (nSPS) is 12.1. The molecule has 17 heavy (non-hydrogen) atoms. The van der Waals surface area contributed by atoms with Gasteiger partial charge >= 0.3 is 5.97 Å². The number of aromatic nitrogens is 3. The summed E-state index contributed by atoms with van der Waals surface area (Å²) in [5, 5.41) is 3.07. The van der Waals surface area contributed by atoms with Crippen LogP contribution in [0.15, 0.2) is 30.9 Å². The summed E-state index contributed by atoms with van der Waals surface area (Å²) in [5.41, 5.74) is 0.874. The minimum Gasteiger partial charge on any atom is -0.467 e. The van der Waals surface area contributed by atoms with Gasteiger partial charge < -0.3 is 20.0 Å². The number of H-pyrrole nitrogens is 2. The third kappa shape index (κ3) is 2.87. The molecule has 0 radical (unpaired) electrons. The molecule has 2 aromatic rings. The van der Waals surface area contributed by atoms with E-state index in [0.717, 1.165) is 11.5 Å². The highest BCUT2D eigenvalue weighted by Gasteiger charge is 2.20. The molecule has 0 spiro atoms. The van der Waals surface area contributed by atoms with Crippen LogP contribution < -0.4 is 5.32 Å². The molecule has 6 heteroatoms. The van der Waals surface area contributed by atoms with Gasteiger partial charge in [-0.15, -0.1) is 0 Å². The van der Waals surface area contributed by atoms with Crippen LogP contribution in [0.3, 0.4) is 0 Å². The van der Waals surface area contributed by atoms with Crippen LogP contribution in [-0.2, 0) is 16.0 Å². The molecule has 2 aromatic heterocycles. The molecule has 0 aliphatic rings. The van der Waals surface area contributed by atoms with Crippen LogP contribution in [0, 0.1) is 0 Å². The molecule has 0 aliphatic heterocycles. The van der Waals surface area contributed by atoms with Gasteiger partial charge in [-0.3, -0.25) is 0 Å². The molecule has 0 saturated carbocycles. The number of aromatic amines is 2. The molecule has 6 nitrogen and oxygen atoms in total. The maximum Gasteiger partial charge on any atom is 0.328 e. The second kappa shape index (κ2) is 5.20. The van der Waals surface area contributed by atoms with E-state index in [4.69, 9.17) is 4.74 Å². The van der Waals surface area contributed by atoms with E-state index in [-0.39, 0.29) is 5.97 Å². The van der Waals surface area contributed by atoms with Crippen LogP contribution in [0.5, 0.6) is 0 Å². The number of nitrogens with one attached hydrogen (secondary N) is 3. The number of carbonyl (C=O) groups excluding carboxylic acids is 1. The van der Waals surface area contributed by atoms with Gasteiger partial charge in [0.05, 0.1) is 13.4 Å². The molecule has 1 unspecified atom stereocenters. The number of rotatable bonds is 5. The number of ether oxygens (including phenoxy) is 1. The minimum atomic E-state index is -0.445. The van der Waals surface area contributed by atoms with Crippen LogP contribution in [0.1, 0.15) is 5.69 Å². The van der Waals surface area contributed by atoms with Gasteiger partial charge in [-0.25, -0.2) is 9.78 Å². The van der Waals surface area contributed by atoms with E-state index in [1.807, 2.05) is 12.1 Å². The van der Waals surface area contributed by atoms with E-state index in [1.54, 1.807) is 18.7 Å². The van der Waals surface area contributed by atoms with Crippen LogP contribution in [0.2, 0.25) is 0 Å². The number of methoxy groups -OCH3 is 1. The first-order valence-corrected chi connectivity index (χ1v) is 5.24. The third-order valence-electron chi connectivity index (χ3n) is 2.39. The lowest BCUT2D eigenvalue weighted by Crippen LogP contribution is -2.33. The van der Waals surface area contributed by atoms with Crippen molar-refractivity contribution in [1.82, 2.24) is 15.0 Å². The molecule has 0 saturated heterocycles. The van der Waals surface area contributed by atoms with Crippen molar-refractivity contribution in [1.29, 1.82) is 0 Å². The molecule has 2 heterocycles. The fourth-order valence-corrected chi connectivity index (χ4v) is 1.56. The molecule has 1 atom stereocenters. The lowest BCUT2D eigenvalue weighted by Gasteiger charge is -2.15. The standard InChI is InChI=1S/C11H14N4O2/c1-17-11(16)9(5-8-6-12-7-14-8)15-10-3-2-4-13-10/h2-4,6-7,9,13,15H,5H2,1H3,(H,12,14). The van der Waals surface area contributed by atoms with Crippen molar-refractivity contribution in [3.05, 3.63) is 36.5 Å². The molecule has 0 aliphatic carbocycles. The van der Waals surface area contributed by atoms with E-state index in [2.05, 4.69) is 20.3 Å². The minimum absolute atomic E-state index is 0.311. The van der Waals surface area contributed by atoms with Crippen LogP contribution >= 0.6 is 0 Å². The van der Waals surface area contributed by atoms with Gasteiger partial charge in [0.15, 0.2) is 0 Å². The fourth-order valence-electron chi connectivity index (χ4n) is 1.56. The zero-order valence-electron chi connectivity index (χ0n) is 9.43. The van der Waals surface area contributed by atoms with Crippen LogP contribution in [0.4, 0.5) is 5.82 Å². The van der Waals surface area contributed by atoms with Gasteiger partial charge in [0.2, 0.25) is 0 Å². The average Bonchev–Trinajstić information content (AvgIpc) is 3.00. The Morgan fingerprint density at radius 1 is 1.59 bits per heavy atom.